The highest BCUT2D eigenvalue weighted by Gasteiger charge is 2.69. The van der Waals surface area contributed by atoms with Crippen molar-refractivity contribution in [3.05, 3.63) is 34.4 Å². The molecule has 6 aliphatic carbocycles. The van der Waals surface area contributed by atoms with E-state index in [1.54, 1.807) is 0 Å². The minimum absolute atomic E-state index is 0.0450. The first-order chi connectivity index (χ1) is 23.4. The molecule has 3 saturated carbocycles. The van der Waals surface area contributed by atoms with Crippen LogP contribution in [0.1, 0.15) is 119 Å². The van der Waals surface area contributed by atoms with E-state index < -0.39 is 15.8 Å². The van der Waals surface area contributed by atoms with Crippen molar-refractivity contribution in [3.8, 4) is 0 Å². The Morgan fingerprint density at radius 1 is 0.960 bits per heavy atom. The van der Waals surface area contributed by atoms with Crippen LogP contribution in [-0.4, -0.2) is 73.4 Å². The molecule has 8 atom stereocenters. The molecule has 0 radical (unpaired) electrons. The highest BCUT2D eigenvalue weighted by molar-refractivity contribution is 7.91. The Balaban J connectivity index is 1.16. The summed E-state index contributed by atoms with van der Waals surface area (Å²) in [6.07, 6.45) is 15.7. The predicted octanol–water partition coefficient (Wildman–Crippen LogP) is 7.39. The number of carboxylic acid groups (broad SMARTS) is 1. The zero-order valence-corrected chi connectivity index (χ0v) is 32.8. The Kier molecular flexibility index (Phi) is 9.07. The van der Waals surface area contributed by atoms with Gasteiger partial charge in [-0.05, 0) is 132 Å². The van der Waals surface area contributed by atoms with Crippen molar-refractivity contribution in [3.63, 3.8) is 0 Å². The van der Waals surface area contributed by atoms with Crippen molar-refractivity contribution in [1.82, 2.24) is 10.2 Å². The summed E-state index contributed by atoms with van der Waals surface area (Å²) in [6.45, 7) is 20.1. The van der Waals surface area contributed by atoms with Crippen LogP contribution >= 0.6 is 0 Å². The molecule has 278 valence electrons. The maximum absolute atomic E-state index is 14.0. The molecule has 7 rings (SSSR count). The molecule has 0 spiro atoms. The Hall–Kier alpha value is -1.77. The number of carbonyl (C=O) groups is 2. The van der Waals surface area contributed by atoms with E-state index in [0.29, 0.717) is 49.5 Å². The topological polar surface area (TPSA) is 104 Å². The van der Waals surface area contributed by atoms with Crippen LogP contribution in [-0.2, 0) is 19.4 Å². The number of carboxylic acids is 1. The van der Waals surface area contributed by atoms with Gasteiger partial charge < -0.3 is 15.3 Å². The van der Waals surface area contributed by atoms with Gasteiger partial charge in [-0.15, -0.1) is 0 Å². The fourth-order valence-corrected chi connectivity index (χ4v) is 15.0. The molecule has 8 heteroatoms. The van der Waals surface area contributed by atoms with Gasteiger partial charge in [0.15, 0.2) is 15.6 Å². The first-order valence-corrected chi connectivity index (χ1v) is 21.8. The fourth-order valence-electron chi connectivity index (χ4n) is 13.7. The average molecular weight is 709 g/mol. The molecule has 1 aliphatic heterocycles. The Bertz CT molecular complexity index is 1630. The van der Waals surface area contributed by atoms with Gasteiger partial charge in [0.05, 0.1) is 17.4 Å². The minimum Gasteiger partial charge on any atom is -0.481 e. The summed E-state index contributed by atoms with van der Waals surface area (Å²) >= 11 is 0. The second-order valence-corrected chi connectivity index (χ2v) is 21.6. The molecule has 50 heavy (non-hydrogen) atoms. The lowest BCUT2D eigenvalue weighted by molar-refractivity contribution is -0.196. The van der Waals surface area contributed by atoms with Crippen LogP contribution in [0.4, 0.5) is 0 Å². The van der Waals surface area contributed by atoms with Gasteiger partial charge >= 0.3 is 5.97 Å². The summed E-state index contributed by atoms with van der Waals surface area (Å²) in [7, 11) is -2.91. The Morgan fingerprint density at radius 3 is 2.32 bits per heavy atom. The molecular weight excluding hydrogens is 645 g/mol. The standard InChI is InChI=1S/C42H64N2O5S/c1-27(2)35-32(45)26-42(43-20-21-44-22-24-50(48,49)25-23-44)19-18-40(6)31(36(35)42)12-13-34-39(5)16-14-30(28-8-10-29(11-9-28)37(46)47)38(3,4)33(39)15-17-41(34,40)7/h8,14,27,29,31,33-34,43H,9-13,15-26H2,1-7H3,(H,46,47)/t29?,31-,33?,34?,39+,40-,41-,42-/m1/s1. The number of nitrogens with one attached hydrogen (secondary N) is 1. The highest BCUT2D eigenvalue weighted by atomic mass is 32.2. The molecule has 0 aromatic carbocycles. The average Bonchev–Trinajstić information content (AvgIpc) is 3.34. The van der Waals surface area contributed by atoms with Gasteiger partial charge in [0.1, 0.15) is 0 Å². The van der Waals surface area contributed by atoms with Crippen molar-refractivity contribution >= 4 is 21.6 Å². The molecule has 4 fully saturated rings. The van der Waals surface area contributed by atoms with Crippen LogP contribution in [0, 0.1) is 51.2 Å². The SMILES string of the molecule is CC(C)C1=C2[C@H]3CCC4[C@@]5(C)CC=C(C6=CCC(C(=O)O)CC6)C(C)(C)C5CC[C@@]4(C)[C@]3(C)CC[C@@]2(NCCN2CCS(=O)(=O)CC2)CC1=O. The summed E-state index contributed by atoms with van der Waals surface area (Å²) in [4.78, 5) is 27.9. The number of ketones is 1. The Labute approximate surface area is 302 Å². The summed E-state index contributed by atoms with van der Waals surface area (Å²) in [6, 6.07) is 0. The molecule has 0 aromatic rings. The van der Waals surface area contributed by atoms with Gasteiger partial charge in [0.25, 0.3) is 0 Å². The number of carbonyl (C=O) groups excluding carboxylic acids is 1. The maximum Gasteiger partial charge on any atom is 0.306 e. The van der Waals surface area contributed by atoms with Gasteiger partial charge in [-0.3, -0.25) is 9.59 Å². The minimum atomic E-state index is -2.91. The van der Waals surface area contributed by atoms with E-state index in [2.05, 4.69) is 70.8 Å². The number of nitrogens with zero attached hydrogens (tertiary/aromatic N) is 1. The first kappa shape index (κ1) is 36.6. The maximum atomic E-state index is 14.0. The largest absolute Gasteiger partial charge is 0.481 e. The number of aliphatic carboxylic acids is 1. The first-order valence-electron chi connectivity index (χ1n) is 20.0. The van der Waals surface area contributed by atoms with Crippen molar-refractivity contribution in [1.29, 1.82) is 0 Å². The number of Topliss-reactive ketones (excluding diaryl/α,β-unsaturated/α-hetero) is 1. The fraction of sp³-hybridized carbons (Fsp3) is 0.810. The van der Waals surface area contributed by atoms with Crippen molar-refractivity contribution < 1.29 is 23.1 Å². The van der Waals surface area contributed by atoms with E-state index in [0.717, 1.165) is 57.2 Å². The van der Waals surface area contributed by atoms with Gasteiger partial charge in [0.2, 0.25) is 0 Å². The van der Waals surface area contributed by atoms with Gasteiger partial charge in [0, 0.05) is 38.1 Å². The normalized spacial score (nSPS) is 42.6. The molecule has 0 amide bonds. The molecule has 7 nitrogen and oxygen atoms in total. The van der Waals surface area contributed by atoms with Crippen LogP contribution in [0.15, 0.2) is 34.4 Å². The summed E-state index contributed by atoms with van der Waals surface area (Å²) in [5.41, 5.74) is 5.71. The third-order valence-corrected chi connectivity index (χ3v) is 18.1. The zero-order chi connectivity index (χ0) is 36.1. The molecule has 3 unspecified atom stereocenters. The van der Waals surface area contributed by atoms with Crippen LogP contribution in [0.25, 0.3) is 0 Å². The van der Waals surface area contributed by atoms with E-state index >= 15 is 0 Å². The zero-order valence-electron chi connectivity index (χ0n) is 32.0. The van der Waals surface area contributed by atoms with E-state index in [1.807, 2.05) is 0 Å². The number of hydrogen-bond acceptors (Lipinski definition) is 6. The molecular formula is C42H64N2O5S. The van der Waals surface area contributed by atoms with Gasteiger partial charge in [-0.25, -0.2) is 8.42 Å². The quantitative estimate of drug-likeness (QED) is 0.284. The molecule has 0 bridgehead atoms. The van der Waals surface area contributed by atoms with E-state index in [-0.39, 0.29) is 50.5 Å². The molecule has 2 N–H and O–H groups in total. The smallest absolute Gasteiger partial charge is 0.306 e. The Morgan fingerprint density at radius 2 is 1.68 bits per heavy atom. The number of fused-ring (bicyclic) bond motifs is 7. The van der Waals surface area contributed by atoms with Crippen LogP contribution in [0.3, 0.4) is 0 Å². The number of hydrogen-bond donors (Lipinski definition) is 2. The summed E-state index contributed by atoms with van der Waals surface area (Å²) in [5, 5.41) is 13.6. The van der Waals surface area contributed by atoms with Crippen LogP contribution in [0.2, 0.25) is 0 Å². The highest BCUT2D eigenvalue weighted by Crippen LogP contribution is 2.76. The molecule has 1 heterocycles. The van der Waals surface area contributed by atoms with E-state index in [1.165, 1.54) is 36.0 Å². The monoisotopic (exact) mass is 708 g/mol. The van der Waals surface area contributed by atoms with Crippen molar-refractivity contribution in [2.45, 2.75) is 125 Å². The lowest BCUT2D eigenvalue weighted by atomic mass is 9.33. The van der Waals surface area contributed by atoms with Gasteiger partial charge in [-0.2, -0.15) is 0 Å². The summed E-state index contributed by atoms with van der Waals surface area (Å²) in [5.74, 6) is 1.73. The summed E-state index contributed by atoms with van der Waals surface area (Å²) < 4.78 is 24.0. The number of sulfone groups is 1. The van der Waals surface area contributed by atoms with E-state index in [9.17, 15) is 23.1 Å². The number of rotatable bonds is 7. The predicted molar refractivity (Wildman–Crippen MR) is 199 cm³/mol. The van der Waals surface area contributed by atoms with Crippen LogP contribution in [0.5, 0.6) is 0 Å². The van der Waals surface area contributed by atoms with Gasteiger partial charge in [-0.1, -0.05) is 60.6 Å². The van der Waals surface area contributed by atoms with Crippen molar-refractivity contribution in [2.24, 2.45) is 51.2 Å². The second kappa shape index (κ2) is 12.4. The molecule has 7 aliphatic rings. The lowest BCUT2D eigenvalue weighted by Crippen LogP contribution is -2.66. The molecule has 1 saturated heterocycles. The van der Waals surface area contributed by atoms with E-state index in [4.69, 9.17) is 0 Å². The third-order valence-electron chi connectivity index (χ3n) is 16.4. The second-order valence-electron chi connectivity index (χ2n) is 19.3. The van der Waals surface area contributed by atoms with Crippen molar-refractivity contribution in [2.75, 3.05) is 37.7 Å². The lowest BCUT2D eigenvalue weighted by Gasteiger charge is -2.71. The number of allylic oxidation sites excluding steroid dienone is 5. The third kappa shape index (κ3) is 5.49. The van der Waals surface area contributed by atoms with Crippen LogP contribution < -0.4 is 5.32 Å². The molecule has 0 aromatic heterocycles.